The van der Waals surface area contributed by atoms with Crippen molar-refractivity contribution in [2.75, 3.05) is 11.0 Å². The fourth-order valence-corrected chi connectivity index (χ4v) is 3.82. The SMILES string of the molecule is Cc1cc(C2=C(C#N)C(C)(C)Oc3cc(NS(C)(=O)=O)ccc32)ccc1Cl. The second-order valence-corrected chi connectivity index (χ2v) is 9.18. The van der Waals surface area contributed by atoms with E-state index in [0.29, 0.717) is 22.0 Å². The molecule has 1 heterocycles. The molecular weight excluding hydrogens is 384 g/mol. The Balaban J connectivity index is 2.25. The average Bonchev–Trinajstić information content (AvgIpc) is 2.53. The first-order valence-corrected chi connectivity index (χ1v) is 10.5. The number of nitrogens with one attached hydrogen (secondary N) is 1. The number of ether oxygens (including phenoxy) is 1. The lowest BCUT2D eigenvalue weighted by molar-refractivity contribution is 0.149. The quantitative estimate of drug-likeness (QED) is 0.818. The number of aryl methyl sites for hydroxylation is 1. The molecule has 0 radical (unpaired) electrons. The third-order valence-electron chi connectivity index (χ3n) is 4.33. The average molecular weight is 403 g/mol. The van der Waals surface area contributed by atoms with E-state index in [9.17, 15) is 13.7 Å². The normalized spacial score (nSPS) is 15.6. The summed E-state index contributed by atoms with van der Waals surface area (Å²) in [6, 6.07) is 12.9. The maximum absolute atomic E-state index is 11.5. The number of nitrogens with zero attached hydrogens (tertiary/aromatic N) is 1. The number of anilines is 1. The Morgan fingerprint density at radius 2 is 1.89 bits per heavy atom. The third kappa shape index (κ3) is 3.80. The van der Waals surface area contributed by atoms with E-state index in [1.165, 1.54) is 0 Å². The molecular formula is C20H19ClN2O3S. The van der Waals surface area contributed by atoms with E-state index in [0.717, 1.165) is 28.5 Å². The van der Waals surface area contributed by atoms with Crippen molar-refractivity contribution >= 4 is 32.9 Å². The van der Waals surface area contributed by atoms with Crippen molar-refractivity contribution in [3.05, 3.63) is 63.7 Å². The van der Waals surface area contributed by atoms with Crippen molar-refractivity contribution < 1.29 is 13.2 Å². The molecule has 1 aliphatic heterocycles. The number of benzene rings is 2. The summed E-state index contributed by atoms with van der Waals surface area (Å²) >= 11 is 6.16. The fraction of sp³-hybridized carbons (Fsp3) is 0.250. The zero-order valence-corrected chi connectivity index (χ0v) is 17.0. The molecule has 0 saturated heterocycles. The van der Waals surface area contributed by atoms with Crippen LogP contribution in [0.2, 0.25) is 5.02 Å². The molecule has 0 amide bonds. The van der Waals surface area contributed by atoms with Crippen LogP contribution in [0.25, 0.3) is 5.57 Å². The molecule has 3 rings (SSSR count). The number of hydrogen-bond donors (Lipinski definition) is 1. The van der Waals surface area contributed by atoms with Gasteiger partial charge in [0.2, 0.25) is 10.0 Å². The minimum absolute atomic E-state index is 0.402. The summed E-state index contributed by atoms with van der Waals surface area (Å²) in [7, 11) is -3.41. The lowest BCUT2D eigenvalue weighted by Gasteiger charge is -2.34. The van der Waals surface area contributed by atoms with Crippen LogP contribution in [0.5, 0.6) is 5.75 Å². The molecule has 5 nitrogen and oxygen atoms in total. The second-order valence-electron chi connectivity index (χ2n) is 7.02. The fourth-order valence-electron chi connectivity index (χ4n) is 3.14. The zero-order valence-electron chi connectivity index (χ0n) is 15.4. The molecule has 1 aliphatic rings. The molecule has 0 aliphatic carbocycles. The summed E-state index contributed by atoms with van der Waals surface area (Å²) in [5.41, 5.74) is 3.28. The monoisotopic (exact) mass is 402 g/mol. The molecule has 7 heteroatoms. The first kappa shape index (κ1) is 19.3. The number of hydrogen-bond acceptors (Lipinski definition) is 4. The minimum Gasteiger partial charge on any atom is -0.482 e. The van der Waals surface area contributed by atoms with Gasteiger partial charge in [-0.1, -0.05) is 17.7 Å². The summed E-state index contributed by atoms with van der Waals surface area (Å²) in [5, 5.41) is 10.5. The number of sulfonamides is 1. The highest BCUT2D eigenvalue weighted by atomic mass is 35.5. The summed E-state index contributed by atoms with van der Waals surface area (Å²) in [4.78, 5) is 0. The van der Waals surface area contributed by atoms with E-state index < -0.39 is 15.6 Å². The molecule has 0 unspecified atom stereocenters. The van der Waals surface area contributed by atoms with Crippen molar-refractivity contribution in [2.24, 2.45) is 0 Å². The molecule has 2 aromatic rings. The smallest absolute Gasteiger partial charge is 0.229 e. The van der Waals surface area contributed by atoms with Gasteiger partial charge in [0.05, 0.1) is 23.6 Å². The second kappa shape index (κ2) is 6.59. The highest BCUT2D eigenvalue weighted by molar-refractivity contribution is 7.92. The van der Waals surface area contributed by atoms with Crippen molar-refractivity contribution in [3.8, 4) is 11.8 Å². The van der Waals surface area contributed by atoms with Crippen LogP contribution in [0, 0.1) is 18.3 Å². The van der Waals surface area contributed by atoms with E-state index >= 15 is 0 Å². The summed E-state index contributed by atoms with van der Waals surface area (Å²) in [6.07, 6.45) is 1.09. The van der Waals surface area contributed by atoms with E-state index in [1.54, 1.807) is 24.3 Å². The van der Waals surface area contributed by atoms with Gasteiger partial charge in [-0.3, -0.25) is 4.72 Å². The largest absolute Gasteiger partial charge is 0.482 e. The van der Waals surface area contributed by atoms with Gasteiger partial charge >= 0.3 is 0 Å². The van der Waals surface area contributed by atoms with Crippen LogP contribution >= 0.6 is 11.6 Å². The summed E-state index contributed by atoms with van der Waals surface area (Å²) < 4.78 is 31.6. The van der Waals surface area contributed by atoms with Gasteiger partial charge in [-0.05, 0) is 56.2 Å². The maximum Gasteiger partial charge on any atom is 0.229 e. The van der Waals surface area contributed by atoms with Crippen LogP contribution in [-0.4, -0.2) is 20.3 Å². The standard InChI is InChI=1S/C20H19ClN2O3S/c1-12-9-13(5-8-17(12)21)19-15-7-6-14(23-27(4,24)25)10-18(15)26-20(2,3)16(19)11-22/h5-10,23H,1-4H3. The molecule has 27 heavy (non-hydrogen) atoms. The van der Waals surface area contributed by atoms with Gasteiger partial charge in [-0.25, -0.2) is 8.42 Å². The van der Waals surface area contributed by atoms with Gasteiger partial charge in [-0.15, -0.1) is 0 Å². The Morgan fingerprint density at radius 1 is 1.19 bits per heavy atom. The van der Waals surface area contributed by atoms with Gasteiger partial charge in [0.15, 0.2) is 0 Å². The highest BCUT2D eigenvalue weighted by Gasteiger charge is 2.36. The lowest BCUT2D eigenvalue weighted by Crippen LogP contribution is -2.34. The molecule has 0 spiro atoms. The predicted octanol–water partition coefficient (Wildman–Crippen LogP) is 4.52. The summed E-state index contributed by atoms with van der Waals surface area (Å²) in [6.45, 7) is 5.53. The molecule has 140 valence electrons. The van der Waals surface area contributed by atoms with E-state index in [2.05, 4.69) is 10.8 Å². The maximum atomic E-state index is 11.5. The first-order chi connectivity index (χ1) is 12.5. The molecule has 0 bridgehead atoms. The van der Waals surface area contributed by atoms with Gasteiger partial charge in [-0.2, -0.15) is 5.26 Å². The molecule has 2 aromatic carbocycles. The van der Waals surface area contributed by atoms with Crippen molar-refractivity contribution in [1.29, 1.82) is 5.26 Å². The van der Waals surface area contributed by atoms with Crippen LogP contribution in [0.3, 0.4) is 0 Å². The van der Waals surface area contributed by atoms with Crippen molar-refractivity contribution in [1.82, 2.24) is 0 Å². The number of nitriles is 1. The molecule has 0 saturated carbocycles. The van der Waals surface area contributed by atoms with Crippen LogP contribution in [-0.2, 0) is 10.0 Å². The van der Waals surface area contributed by atoms with E-state index in [4.69, 9.17) is 16.3 Å². The van der Waals surface area contributed by atoms with Crippen LogP contribution in [0.4, 0.5) is 5.69 Å². The Hall–Kier alpha value is -2.49. The number of halogens is 1. The Morgan fingerprint density at radius 3 is 2.48 bits per heavy atom. The van der Waals surface area contributed by atoms with Gasteiger partial charge in [0, 0.05) is 22.2 Å². The molecule has 0 aromatic heterocycles. The van der Waals surface area contributed by atoms with Gasteiger partial charge < -0.3 is 4.74 Å². The molecule has 0 fully saturated rings. The van der Waals surface area contributed by atoms with E-state index in [-0.39, 0.29) is 0 Å². The Bertz CT molecular complexity index is 1110. The van der Waals surface area contributed by atoms with Gasteiger partial charge in [0.1, 0.15) is 11.4 Å². The first-order valence-electron chi connectivity index (χ1n) is 8.24. The van der Waals surface area contributed by atoms with Crippen molar-refractivity contribution in [2.45, 2.75) is 26.4 Å². The molecule has 1 N–H and O–H groups in total. The Kier molecular flexibility index (Phi) is 4.71. The van der Waals surface area contributed by atoms with Crippen molar-refractivity contribution in [3.63, 3.8) is 0 Å². The van der Waals surface area contributed by atoms with Crippen LogP contribution in [0.15, 0.2) is 42.0 Å². The van der Waals surface area contributed by atoms with E-state index in [1.807, 2.05) is 32.9 Å². The zero-order chi connectivity index (χ0) is 20.0. The summed E-state index contributed by atoms with van der Waals surface area (Å²) in [5.74, 6) is 0.509. The third-order valence-corrected chi connectivity index (χ3v) is 5.36. The molecule has 0 atom stereocenters. The van der Waals surface area contributed by atoms with Gasteiger partial charge in [0.25, 0.3) is 0 Å². The lowest BCUT2D eigenvalue weighted by atomic mass is 9.83. The Labute approximate surface area is 164 Å². The predicted molar refractivity (Wildman–Crippen MR) is 107 cm³/mol. The number of fused-ring (bicyclic) bond motifs is 1. The topological polar surface area (TPSA) is 79.2 Å². The minimum atomic E-state index is -3.41. The number of rotatable bonds is 3. The van der Waals surface area contributed by atoms with Crippen LogP contribution < -0.4 is 9.46 Å². The highest BCUT2D eigenvalue weighted by Crippen LogP contribution is 2.45. The van der Waals surface area contributed by atoms with Crippen LogP contribution in [0.1, 0.15) is 30.5 Å².